The van der Waals surface area contributed by atoms with Crippen LogP contribution in [0.5, 0.6) is 0 Å². The van der Waals surface area contributed by atoms with Crippen molar-refractivity contribution in [1.29, 1.82) is 0 Å². The number of carbonyl (C=O) groups is 1. The molecule has 1 aliphatic rings. The Hall–Kier alpha value is -1.80. The number of aliphatic hydroxyl groups excluding tert-OH is 1. The van der Waals surface area contributed by atoms with Crippen molar-refractivity contribution in [2.75, 3.05) is 6.79 Å². The molecule has 0 saturated carbocycles. The van der Waals surface area contributed by atoms with Gasteiger partial charge in [0.15, 0.2) is 0 Å². The van der Waals surface area contributed by atoms with E-state index in [1.54, 1.807) is 4.57 Å². The molecule has 0 spiro atoms. The van der Waals surface area contributed by atoms with Gasteiger partial charge >= 0.3 is 5.97 Å². The van der Waals surface area contributed by atoms with E-state index in [9.17, 15) is 9.59 Å². The van der Waals surface area contributed by atoms with Crippen LogP contribution in [0.4, 0.5) is 0 Å². The monoisotopic (exact) mass is 284 g/mol. The number of aryl methyl sites for hydroxylation is 1. The summed E-state index contributed by atoms with van der Waals surface area (Å²) in [6.07, 6.45) is 1.56. The summed E-state index contributed by atoms with van der Waals surface area (Å²) < 4.78 is 1.70. The fraction of sp³-hybridized carbons (Fsp3) is 0.364. The summed E-state index contributed by atoms with van der Waals surface area (Å²) in [5.41, 5.74) is -0.327. The molecule has 0 radical (unpaired) electrons. The molecular formula is C11H12N2O5S. The molecule has 7 nitrogen and oxygen atoms in total. The standard InChI is InChI=1S/C11H12N2O5S/c1-2-13-4-7(11(16)17)9(15)6-3-8(12-18-5-14)19-10(6)13/h4,14H,2-3,5H2,1H3,(H,16,17). The minimum atomic E-state index is -1.24. The fourth-order valence-electron chi connectivity index (χ4n) is 1.82. The number of oxime groups is 1. The molecule has 2 heterocycles. The van der Waals surface area contributed by atoms with Crippen LogP contribution in [-0.4, -0.2) is 32.6 Å². The average Bonchev–Trinajstić information content (AvgIpc) is 2.81. The number of aromatic nitrogens is 1. The molecule has 8 heteroatoms. The Bertz CT molecular complexity index is 608. The van der Waals surface area contributed by atoms with E-state index in [2.05, 4.69) is 9.99 Å². The number of carboxylic acid groups (broad SMARTS) is 1. The molecule has 19 heavy (non-hydrogen) atoms. The van der Waals surface area contributed by atoms with Crippen molar-refractivity contribution >= 4 is 22.8 Å². The Balaban J connectivity index is 2.51. The maximum Gasteiger partial charge on any atom is 0.341 e. The van der Waals surface area contributed by atoms with Gasteiger partial charge in [-0.3, -0.25) is 4.79 Å². The Kier molecular flexibility index (Phi) is 3.91. The number of aromatic carboxylic acids is 1. The summed E-state index contributed by atoms with van der Waals surface area (Å²) >= 11 is 1.25. The topological polar surface area (TPSA) is 101 Å². The Morgan fingerprint density at radius 3 is 2.95 bits per heavy atom. The SMILES string of the molecule is CCn1cc(C(=O)O)c(=O)c2c1SC(=NOCO)C2. The first-order chi connectivity index (χ1) is 9.08. The molecule has 0 aromatic carbocycles. The summed E-state index contributed by atoms with van der Waals surface area (Å²) in [6, 6.07) is 0. The highest BCUT2D eigenvalue weighted by Gasteiger charge is 2.27. The van der Waals surface area contributed by atoms with Crippen molar-refractivity contribution in [3.05, 3.63) is 27.5 Å². The highest BCUT2D eigenvalue weighted by atomic mass is 32.2. The van der Waals surface area contributed by atoms with Crippen LogP contribution in [0, 0.1) is 0 Å². The first kappa shape index (κ1) is 13.6. The van der Waals surface area contributed by atoms with Crippen LogP contribution >= 0.6 is 11.8 Å². The van der Waals surface area contributed by atoms with Gasteiger partial charge in [0.2, 0.25) is 12.2 Å². The fourth-order valence-corrected chi connectivity index (χ4v) is 2.94. The van der Waals surface area contributed by atoms with Crippen molar-refractivity contribution in [2.45, 2.75) is 24.9 Å². The Morgan fingerprint density at radius 2 is 2.37 bits per heavy atom. The number of hydrogen-bond donors (Lipinski definition) is 2. The Labute approximate surface area is 112 Å². The lowest BCUT2D eigenvalue weighted by molar-refractivity contribution is 0.00216. The number of nitrogens with zero attached hydrogens (tertiary/aromatic N) is 2. The van der Waals surface area contributed by atoms with Gasteiger partial charge in [-0.25, -0.2) is 4.79 Å². The summed E-state index contributed by atoms with van der Waals surface area (Å²) in [5, 5.41) is 22.4. The second-order valence-corrected chi connectivity index (χ2v) is 4.83. The zero-order valence-corrected chi connectivity index (χ0v) is 10.9. The van der Waals surface area contributed by atoms with Gasteiger partial charge in [-0.05, 0) is 6.92 Å². The average molecular weight is 284 g/mol. The van der Waals surface area contributed by atoms with Crippen LogP contribution in [0.15, 0.2) is 21.2 Å². The van der Waals surface area contributed by atoms with Gasteiger partial charge in [0.25, 0.3) is 0 Å². The van der Waals surface area contributed by atoms with Gasteiger partial charge in [-0.1, -0.05) is 16.9 Å². The van der Waals surface area contributed by atoms with Gasteiger partial charge in [0, 0.05) is 24.7 Å². The number of pyridine rings is 1. The van der Waals surface area contributed by atoms with Crippen LogP contribution in [0.2, 0.25) is 0 Å². The zero-order chi connectivity index (χ0) is 14.0. The highest BCUT2D eigenvalue weighted by molar-refractivity contribution is 8.14. The molecule has 0 unspecified atom stereocenters. The lowest BCUT2D eigenvalue weighted by atomic mass is 10.1. The van der Waals surface area contributed by atoms with Gasteiger partial charge in [0.1, 0.15) is 10.6 Å². The number of aliphatic hydroxyl groups is 1. The van der Waals surface area contributed by atoms with Crippen molar-refractivity contribution in [1.82, 2.24) is 4.57 Å². The molecular weight excluding hydrogens is 272 g/mol. The van der Waals surface area contributed by atoms with Gasteiger partial charge < -0.3 is 19.6 Å². The van der Waals surface area contributed by atoms with E-state index in [0.717, 1.165) is 0 Å². The van der Waals surface area contributed by atoms with E-state index in [-0.39, 0.29) is 12.0 Å². The third kappa shape index (κ3) is 2.49. The van der Waals surface area contributed by atoms with Crippen molar-refractivity contribution in [3.8, 4) is 0 Å². The third-order valence-corrected chi connectivity index (χ3v) is 3.79. The Morgan fingerprint density at radius 1 is 1.63 bits per heavy atom. The lowest BCUT2D eigenvalue weighted by Crippen LogP contribution is -2.22. The van der Waals surface area contributed by atoms with Crippen LogP contribution in [-0.2, 0) is 17.8 Å². The van der Waals surface area contributed by atoms with E-state index in [1.165, 1.54) is 18.0 Å². The second-order valence-electron chi connectivity index (χ2n) is 3.77. The van der Waals surface area contributed by atoms with E-state index < -0.39 is 18.2 Å². The van der Waals surface area contributed by atoms with Crippen LogP contribution in [0.25, 0.3) is 0 Å². The van der Waals surface area contributed by atoms with E-state index in [1.807, 2.05) is 6.92 Å². The molecule has 0 fully saturated rings. The molecule has 102 valence electrons. The van der Waals surface area contributed by atoms with Gasteiger partial charge in [0.05, 0.1) is 5.03 Å². The molecule has 1 aromatic heterocycles. The predicted molar refractivity (Wildman–Crippen MR) is 68.5 cm³/mol. The summed E-state index contributed by atoms with van der Waals surface area (Å²) in [4.78, 5) is 27.6. The van der Waals surface area contributed by atoms with Crippen LogP contribution in [0.3, 0.4) is 0 Å². The number of hydrogen-bond acceptors (Lipinski definition) is 6. The minimum absolute atomic E-state index is 0.222. The number of rotatable bonds is 4. The number of fused-ring (bicyclic) bond motifs is 1. The third-order valence-electron chi connectivity index (χ3n) is 2.66. The van der Waals surface area contributed by atoms with E-state index >= 15 is 0 Å². The minimum Gasteiger partial charge on any atom is -0.477 e. The normalized spacial score (nSPS) is 15.6. The van der Waals surface area contributed by atoms with Crippen LogP contribution in [0.1, 0.15) is 22.8 Å². The predicted octanol–water partition coefficient (Wildman–Crippen LogP) is 0.495. The quantitative estimate of drug-likeness (QED) is 0.616. The largest absolute Gasteiger partial charge is 0.477 e. The summed E-state index contributed by atoms with van der Waals surface area (Å²) in [5.74, 6) is -1.24. The van der Waals surface area contributed by atoms with E-state index in [4.69, 9.17) is 10.2 Å². The maximum atomic E-state index is 12.0. The number of carboxylic acids is 1. The number of thioether (sulfide) groups is 1. The first-order valence-electron chi connectivity index (χ1n) is 5.55. The molecule has 2 rings (SSSR count). The molecule has 1 aliphatic heterocycles. The van der Waals surface area contributed by atoms with Gasteiger partial charge in [-0.2, -0.15) is 0 Å². The molecule has 0 atom stereocenters. The van der Waals surface area contributed by atoms with Crippen molar-refractivity contribution < 1.29 is 19.8 Å². The van der Waals surface area contributed by atoms with Crippen molar-refractivity contribution in [3.63, 3.8) is 0 Å². The lowest BCUT2D eigenvalue weighted by Gasteiger charge is -2.09. The summed E-state index contributed by atoms with van der Waals surface area (Å²) in [6.45, 7) is 1.86. The molecule has 0 bridgehead atoms. The molecule has 2 N–H and O–H groups in total. The maximum absolute atomic E-state index is 12.0. The molecule has 0 amide bonds. The van der Waals surface area contributed by atoms with Gasteiger partial charge in [-0.15, -0.1) is 0 Å². The van der Waals surface area contributed by atoms with E-state index in [0.29, 0.717) is 22.2 Å². The first-order valence-corrected chi connectivity index (χ1v) is 6.37. The smallest absolute Gasteiger partial charge is 0.341 e. The molecule has 1 aromatic rings. The zero-order valence-electron chi connectivity index (χ0n) is 10.1. The molecule has 0 saturated heterocycles. The van der Waals surface area contributed by atoms with Crippen LogP contribution < -0.4 is 5.43 Å². The summed E-state index contributed by atoms with van der Waals surface area (Å²) in [7, 11) is 0. The van der Waals surface area contributed by atoms with Crippen molar-refractivity contribution in [2.24, 2.45) is 5.16 Å². The second kappa shape index (κ2) is 5.45. The highest BCUT2D eigenvalue weighted by Crippen LogP contribution is 2.32. The molecule has 0 aliphatic carbocycles.